The van der Waals surface area contributed by atoms with Crippen molar-refractivity contribution in [2.75, 3.05) is 5.73 Å². The topological polar surface area (TPSA) is 95.7 Å². The van der Waals surface area contributed by atoms with Gasteiger partial charge in [-0.2, -0.15) is 4.98 Å². The quantitative estimate of drug-likeness (QED) is 0.837. The van der Waals surface area contributed by atoms with Crippen molar-refractivity contribution in [2.45, 2.75) is 38.6 Å². The van der Waals surface area contributed by atoms with E-state index in [1.54, 1.807) is 4.68 Å². The molecule has 7 nitrogen and oxygen atoms in total. The molecule has 0 spiro atoms. The lowest BCUT2D eigenvalue weighted by molar-refractivity contribution is 0.372. The summed E-state index contributed by atoms with van der Waals surface area (Å²) < 4.78 is 6.91. The first kappa shape index (κ1) is 10.2. The van der Waals surface area contributed by atoms with Crippen LogP contribution in [0.2, 0.25) is 0 Å². The number of nitrogen functional groups attached to an aromatic ring is 1. The van der Waals surface area contributed by atoms with Crippen molar-refractivity contribution in [1.29, 1.82) is 0 Å². The summed E-state index contributed by atoms with van der Waals surface area (Å²) in [5.74, 6) is 2.32. The van der Waals surface area contributed by atoms with Gasteiger partial charge in [-0.15, -0.1) is 5.10 Å². The molecule has 0 unspecified atom stereocenters. The molecule has 2 aromatic rings. The molecule has 0 bridgehead atoms. The van der Waals surface area contributed by atoms with Crippen molar-refractivity contribution in [3.63, 3.8) is 0 Å². The van der Waals surface area contributed by atoms with Crippen molar-refractivity contribution in [3.8, 4) is 0 Å². The smallest absolute Gasteiger partial charge is 0.229 e. The molecule has 0 aromatic carbocycles. The van der Waals surface area contributed by atoms with Crippen LogP contribution < -0.4 is 5.73 Å². The predicted molar refractivity (Wildman–Crippen MR) is 59.2 cm³/mol. The number of rotatable bonds is 4. The van der Waals surface area contributed by atoms with Gasteiger partial charge in [0.15, 0.2) is 11.6 Å². The van der Waals surface area contributed by atoms with E-state index in [0.29, 0.717) is 24.1 Å². The largest absolute Gasteiger partial charge is 0.381 e. The minimum absolute atomic E-state index is 0.462. The molecule has 0 aliphatic heterocycles. The van der Waals surface area contributed by atoms with E-state index in [4.69, 9.17) is 10.3 Å². The van der Waals surface area contributed by atoms with Crippen molar-refractivity contribution in [2.24, 2.45) is 0 Å². The molecule has 2 aromatic heterocycles. The second kappa shape index (κ2) is 3.83. The average Bonchev–Trinajstić information content (AvgIpc) is 2.98. The van der Waals surface area contributed by atoms with E-state index in [1.165, 1.54) is 0 Å². The molecule has 0 saturated heterocycles. The Morgan fingerprint density at radius 3 is 3.00 bits per heavy atom. The molecule has 1 fully saturated rings. The monoisotopic (exact) mass is 234 g/mol. The van der Waals surface area contributed by atoms with Crippen LogP contribution in [0.25, 0.3) is 0 Å². The van der Waals surface area contributed by atoms with Crippen molar-refractivity contribution in [3.05, 3.63) is 17.4 Å². The van der Waals surface area contributed by atoms with Gasteiger partial charge in [-0.3, -0.25) is 0 Å². The van der Waals surface area contributed by atoms with Crippen LogP contribution in [0.4, 0.5) is 5.82 Å². The van der Waals surface area contributed by atoms with E-state index in [2.05, 4.69) is 20.5 Å². The maximum Gasteiger partial charge on any atom is 0.229 e. The summed E-state index contributed by atoms with van der Waals surface area (Å²) in [7, 11) is 0. The van der Waals surface area contributed by atoms with E-state index < -0.39 is 0 Å². The highest BCUT2D eigenvalue weighted by molar-refractivity contribution is 5.32. The third-order valence-electron chi connectivity index (χ3n) is 2.90. The van der Waals surface area contributed by atoms with Gasteiger partial charge in [0.2, 0.25) is 5.89 Å². The highest BCUT2D eigenvalue weighted by Crippen LogP contribution is 2.38. The van der Waals surface area contributed by atoms with Crippen LogP contribution in [0.5, 0.6) is 0 Å². The molecule has 2 heterocycles. The second-order valence-corrected chi connectivity index (χ2v) is 4.26. The number of nitrogens with zero attached hydrogens (tertiary/aromatic N) is 5. The fourth-order valence-corrected chi connectivity index (χ4v) is 1.80. The molecular formula is C10H14N6O. The molecule has 0 radical (unpaired) electrons. The third kappa shape index (κ3) is 1.88. The summed E-state index contributed by atoms with van der Waals surface area (Å²) in [5, 5.41) is 11.8. The summed E-state index contributed by atoms with van der Waals surface area (Å²) in [5.41, 5.74) is 6.62. The van der Waals surface area contributed by atoms with E-state index in [0.717, 1.165) is 30.8 Å². The lowest BCUT2D eigenvalue weighted by Gasteiger charge is -2.00. The van der Waals surface area contributed by atoms with Gasteiger partial charge >= 0.3 is 0 Å². The zero-order chi connectivity index (χ0) is 11.8. The lowest BCUT2D eigenvalue weighted by atomic mass is 10.3. The molecule has 1 saturated carbocycles. The molecule has 3 rings (SSSR count). The Kier molecular flexibility index (Phi) is 2.31. The summed E-state index contributed by atoms with van der Waals surface area (Å²) >= 11 is 0. The van der Waals surface area contributed by atoms with Gasteiger partial charge in [0.25, 0.3) is 0 Å². The number of anilines is 1. The van der Waals surface area contributed by atoms with Gasteiger partial charge in [-0.05, 0) is 19.3 Å². The zero-order valence-corrected chi connectivity index (χ0v) is 9.63. The summed E-state index contributed by atoms with van der Waals surface area (Å²) in [6.07, 6.45) is 3.09. The Hall–Kier alpha value is -1.92. The second-order valence-electron chi connectivity index (χ2n) is 4.26. The van der Waals surface area contributed by atoms with Crippen molar-refractivity contribution < 1.29 is 4.52 Å². The van der Waals surface area contributed by atoms with Crippen LogP contribution in [0.3, 0.4) is 0 Å². The zero-order valence-electron chi connectivity index (χ0n) is 9.63. The van der Waals surface area contributed by atoms with Gasteiger partial charge in [-0.1, -0.05) is 17.3 Å². The van der Waals surface area contributed by atoms with Gasteiger partial charge < -0.3 is 10.3 Å². The number of aromatic nitrogens is 5. The highest BCUT2D eigenvalue weighted by Gasteiger charge is 2.29. The van der Waals surface area contributed by atoms with Crippen LogP contribution in [0.15, 0.2) is 4.52 Å². The Balaban J connectivity index is 1.80. The standard InChI is InChI=1S/C10H14N6O/c1-2-7-9(11)13-15-16(7)5-8-12-10(17-14-8)6-3-4-6/h6H,2-5,11H2,1H3. The molecule has 7 heteroatoms. The lowest BCUT2D eigenvalue weighted by Crippen LogP contribution is -2.08. The Morgan fingerprint density at radius 2 is 2.29 bits per heavy atom. The highest BCUT2D eigenvalue weighted by atomic mass is 16.5. The Bertz CT molecular complexity index is 527. The van der Waals surface area contributed by atoms with Crippen molar-refractivity contribution in [1.82, 2.24) is 25.1 Å². The van der Waals surface area contributed by atoms with Crippen LogP contribution in [0, 0.1) is 0 Å². The molecule has 1 aliphatic carbocycles. The van der Waals surface area contributed by atoms with E-state index in [9.17, 15) is 0 Å². The van der Waals surface area contributed by atoms with Crippen LogP contribution in [-0.4, -0.2) is 25.1 Å². The number of hydrogen-bond acceptors (Lipinski definition) is 6. The first-order valence-electron chi connectivity index (χ1n) is 5.78. The molecular weight excluding hydrogens is 220 g/mol. The SMILES string of the molecule is CCc1c(N)nnn1Cc1noc(C2CC2)n1. The Morgan fingerprint density at radius 1 is 1.47 bits per heavy atom. The summed E-state index contributed by atoms with van der Waals surface area (Å²) in [6.45, 7) is 2.47. The fraction of sp³-hybridized carbons (Fsp3) is 0.600. The van der Waals surface area contributed by atoms with Crippen molar-refractivity contribution >= 4 is 5.82 Å². The number of hydrogen-bond donors (Lipinski definition) is 1. The molecule has 1 aliphatic rings. The minimum Gasteiger partial charge on any atom is -0.381 e. The van der Waals surface area contributed by atoms with E-state index in [-0.39, 0.29) is 0 Å². The van der Waals surface area contributed by atoms with Gasteiger partial charge in [0.05, 0.1) is 5.69 Å². The molecule has 90 valence electrons. The van der Waals surface area contributed by atoms with E-state index >= 15 is 0 Å². The van der Waals surface area contributed by atoms with Crippen LogP contribution >= 0.6 is 0 Å². The van der Waals surface area contributed by atoms with Crippen LogP contribution in [-0.2, 0) is 13.0 Å². The minimum atomic E-state index is 0.462. The average molecular weight is 234 g/mol. The molecule has 0 amide bonds. The fourth-order valence-electron chi connectivity index (χ4n) is 1.80. The maximum absolute atomic E-state index is 5.71. The first-order valence-corrected chi connectivity index (χ1v) is 5.78. The summed E-state index contributed by atoms with van der Waals surface area (Å²) in [6, 6.07) is 0. The third-order valence-corrected chi connectivity index (χ3v) is 2.90. The molecule has 17 heavy (non-hydrogen) atoms. The Labute approximate surface area is 98.0 Å². The number of nitrogens with two attached hydrogens (primary N) is 1. The molecule has 0 atom stereocenters. The van der Waals surface area contributed by atoms with Gasteiger partial charge in [0.1, 0.15) is 6.54 Å². The van der Waals surface area contributed by atoms with Crippen LogP contribution in [0.1, 0.15) is 43.1 Å². The molecule has 2 N–H and O–H groups in total. The van der Waals surface area contributed by atoms with Gasteiger partial charge in [0, 0.05) is 5.92 Å². The normalized spacial score (nSPS) is 15.4. The summed E-state index contributed by atoms with van der Waals surface area (Å²) in [4.78, 5) is 4.34. The predicted octanol–water partition coefficient (Wildman–Crippen LogP) is 0.731. The first-order chi connectivity index (χ1) is 8.28. The maximum atomic E-state index is 5.71. The van der Waals surface area contributed by atoms with Gasteiger partial charge in [-0.25, -0.2) is 4.68 Å². The van der Waals surface area contributed by atoms with E-state index in [1.807, 2.05) is 6.92 Å².